The lowest BCUT2D eigenvalue weighted by atomic mass is 10.1. The van der Waals surface area contributed by atoms with Crippen LogP contribution < -0.4 is 10.6 Å². The second-order valence-electron chi connectivity index (χ2n) is 6.74. The van der Waals surface area contributed by atoms with E-state index in [9.17, 15) is 9.59 Å². The minimum atomic E-state index is -0.402. The van der Waals surface area contributed by atoms with Crippen molar-refractivity contribution in [3.05, 3.63) is 78.9 Å². The molecule has 2 N–H and O–H groups in total. The molecule has 1 aromatic heterocycles. The van der Waals surface area contributed by atoms with Gasteiger partial charge in [0, 0.05) is 27.8 Å². The van der Waals surface area contributed by atoms with E-state index in [1.54, 1.807) is 42.5 Å². The van der Waals surface area contributed by atoms with Crippen molar-refractivity contribution >= 4 is 69.3 Å². The van der Waals surface area contributed by atoms with Gasteiger partial charge in [0.25, 0.3) is 11.8 Å². The fourth-order valence-electron chi connectivity index (χ4n) is 2.66. The van der Waals surface area contributed by atoms with Gasteiger partial charge in [-0.3, -0.25) is 9.59 Å². The summed E-state index contributed by atoms with van der Waals surface area (Å²) in [6.07, 6.45) is 0. The molecule has 9 heteroatoms. The van der Waals surface area contributed by atoms with E-state index in [4.69, 9.17) is 34.8 Å². The third kappa shape index (κ3) is 5.74. The number of anilines is 2. The minimum Gasteiger partial charge on any atom is -0.322 e. The molecular formula is C21H18Cl3N3O2S. The molecule has 1 heterocycles. The highest BCUT2D eigenvalue weighted by Gasteiger charge is 2.17. The van der Waals surface area contributed by atoms with Gasteiger partial charge in [-0.05, 0) is 62.6 Å². The van der Waals surface area contributed by atoms with E-state index >= 15 is 0 Å². The van der Waals surface area contributed by atoms with Crippen molar-refractivity contribution in [3.63, 3.8) is 0 Å². The molecule has 0 aliphatic carbocycles. The van der Waals surface area contributed by atoms with Crippen LogP contribution in [0.1, 0.15) is 24.9 Å². The van der Waals surface area contributed by atoms with Gasteiger partial charge in [0.15, 0.2) is 0 Å². The number of carbonyl (C=O) groups is 2. The summed E-state index contributed by atoms with van der Waals surface area (Å²) < 4.78 is 0. The fraction of sp³-hybridized carbons (Fsp3) is 0.143. The monoisotopic (exact) mass is 481 g/mol. The van der Waals surface area contributed by atoms with Crippen LogP contribution in [0, 0.1) is 0 Å². The van der Waals surface area contributed by atoms with E-state index in [0.29, 0.717) is 32.8 Å². The zero-order chi connectivity index (χ0) is 21.8. The summed E-state index contributed by atoms with van der Waals surface area (Å²) in [7, 11) is 3.88. The molecule has 2 aromatic carbocycles. The predicted molar refractivity (Wildman–Crippen MR) is 126 cm³/mol. The van der Waals surface area contributed by atoms with Crippen molar-refractivity contribution in [1.82, 2.24) is 4.90 Å². The molecule has 5 nitrogen and oxygen atoms in total. The van der Waals surface area contributed by atoms with Crippen LogP contribution in [0.5, 0.6) is 0 Å². The van der Waals surface area contributed by atoms with E-state index in [1.165, 1.54) is 17.4 Å². The van der Waals surface area contributed by atoms with Gasteiger partial charge in [-0.1, -0.05) is 34.8 Å². The Balaban J connectivity index is 1.76. The predicted octanol–water partition coefficient (Wildman–Crippen LogP) is 6.27. The molecule has 0 spiro atoms. The second-order valence-corrected chi connectivity index (χ2v) is 9.12. The SMILES string of the molecule is CN(C)Cc1cc(Cl)c(C(=O)Nc2ccc(Cl)c(C(=O)Nc3ccc(Cl)cc3)c2)s1. The van der Waals surface area contributed by atoms with E-state index in [1.807, 2.05) is 19.0 Å². The minimum absolute atomic E-state index is 0.231. The molecule has 3 rings (SSSR count). The molecule has 0 aliphatic heterocycles. The Bertz CT molecular complexity index is 1080. The molecule has 0 aliphatic rings. The van der Waals surface area contributed by atoms with Crippen molar-refractivity contribution in [1.29, 1.82) is 0 Å². The lowest BCUT2D eigenvalue weighted by molar-refractivity contribution is 0.101. The Labute approximate surface area is 193 Å². The summed E-state index contributed by atoms with van der Waals surface area (Å²) in [5.41, 5.74) is 1.24. The lowest BCUT2D eigenvalue weighted by Gasteiger charge is -2.10. The van der Waals surface area contributed by atoms with E-state index < -0.39 is 5.91 Å². The highest BCUT2D eigenvalue weighted by Crippen LogP contribution is 2.29. The first kappa shape index (κ1) is 22.6. The summed E-state index contributed by atoms with van der Waals surface area (Å²) in [6, 6.07) is 13.2. The molecule has 0 saturated carbocycles. The second kappa shape index (κ2) is 9.81. The number of amides is 2. The maximum atomic E-state index is 12.7. The Hall–Kier alpha value is -2.09. The van der Waals surface area contributed by atoms with Crippen LogP contribution in [0.2, 0.25) is 15.1 Å². The summed E-state index contributed by atoms with van der Waals surface area (Å²) >= 11 is 19.6. The largest absolute Gasteiger partial charge is 0.322 e. The number of hydrogen-bond donors (Lipinski definition) is 2. The summed E-state index contributed by atoms with van der Waals surface area (Å²) in [5, 5.41) is 6.75. The van der Waals surface area contributed by atoms with Gasteiger partial charge in [-0.25, -0.2) is 0 Å². The first-order valence-corrected chi connectivity index (χ1v) is 10.8. The maximum Gasteiger partial charge on any atom is 0.267 e. The zero-order valence-corrected chi connectivity index (χ0v) is 19.2. The molecule has 2 amide bonds. The van der Waals surface area contributed by atoms with Crippen molar-refractivity contribution in [3.8, 4) is 0 Å². The normalized spacial score (nSPS) is 10.9. The van der Waals surface area contributed by atoms with Gasteiger partial charge < -0.3 is 15.5 Å². The number of thiophene rings is 1. The van der Waals surface area contributed by atoms with Gasteiger partial charge in [-0.15, -0.1) is 11.3 Å². The summed E-state index contributed by atoms with van der Waals surface area (Å²) in [5.74, 6) is -0.748. The number of benzene rings is 2. The number of nitrogens with zero attached hydrogens (tertiary/aromatic N) is 1. The van der Waals surface area contributed by atoms with Crippen LogP contribution >= 0.6 is 46.1 Å². The number of rotatable bonds is 6. The van der Waals surface area contributed by atoms with Crippen LogP contribution in [0.15, 0.2) is 48.5 Å². The van der Waals surface area contributed by atoms with E-state index in [0.717, 1.165) is 4.88 Å². The summed E-state index contributed by atoms with van der Waals surface area (Å²) in [4.78, 5) is 28.7. The Morgan fingerprint density at radius 2 is 1.50 bits per heavy atom. The van der Waals surface area contributed by atoms with Gasteiger partial charge >= 0.3 is 0 Å². The standard InChI is InChI=1S/C21H18Cl3N3O2S/c1-27(2)11-15-10-18(24)19(30-15)21(29)26-14-7-8-17(23)16(9-14)20(28)25-13-5-3-12(22)4-6-13/h3-10H,11H2,1-2H3,(H,25,28)(H,26,29). The number of nitrogens with one attached hydrogen (secondary N) is 2. The van der Waals surface area contributed by atoms with Crippen LogP contribution in [0.4, 0.5) is 11.4 Å². The molecular weight excluding hydrogens is 465 g/mol. The molecule has 0 bridgehead atoms. The lowest BCUT2D eigenvalue weighted by Crippen LogP contribution is -2.15. The number of hydrogen-bond acceptors (Lipinski definition) is 4. The van der Waals surface area contributed by atoms with Gasteiger partial charge in [0.2, 0.25) is 0 Å². The fourth-order valence-corrected chi connectivity index (χ4v) is 4.45. The zero-order valence-electron chi connectivity index (χ0n) is 16.1. The third-order valence-electron chi connectivity index (χ3n) is 3.99. The van der Waals surface area contributed by atoms with Crippen LogP contribution in [-0.4, -0.2) is 30.8 Å². The van der Waals surface area contributed by atoms with Crippen molar-refractivity contribution < 1.29 is 9.59 Å². The average Bonchev–Trinajstić information content (AvgIpc) is 3.04. The molecule has 0 saturated heterocycles. The van der Waals surface area contributed by atoms with Crippen molar-refractivity contribution in [2.75, 3.05) is 24.7 Å². The van der Waals surface area contributed by atoms with Gasteiger partial charge in [-0.2, -0.15) is 0 Å². The highest BCUT2D eigenvalue weighted by atomic mass is 35.5. The van der Waals surface area contributed by atoms with Crippen LogP contribution in [0.25, 0.3) is 0 Å². The van der Waals surface area contributed by atoms with E-state index in [2.05, 4.69) is 10.6 Å². The Morgan fingerprint density at radius 3 is 2.17 bits per heavy atom. The smallest absolute Gasteiger partial charge is 0.267 e. The molecule has 0 fully saturated rings. The molecule has 30 heavy (non-hydrogen) atoms. The Kier molecular flexibility index (Phi) is 7.39. The number of halogens is 3. The maximum absolute atomic E-state index is 12.7. The summed E-state index contributed by atoms with van der Waals surface area (Å²) in [6.45, 7) is 0.688. The molecule has 156 valence electrons. The molecule has 0 unspecified atom stereocenters. The van der Waals surface area contributed by atoms with Crippen molar-refractivity contribution in [2.24, 2.45) is 0 Å². The quantitative estimate of drug-likeness (QED) is 0.435. The topological polar surface area (TPSA) is 61.4 Å². The first-order valence-electron chi connectivity index (χ1n) is 8.83. The molecule has 0 atom stereocenters. The Morgan fingerprint density at radius 1 is 0.867 bits per heavy atom. The van der Waals surface area contributed by atoms with Crippen LogP contribution in [-0.2, 0) is 6.54 Å². The first-order chi connectivity index (χ1) is 14.2. The number of carbonyl (C=O) groups excluding carboxylic acids is 2. The average molecular weight is 483 g/mol. The third-order valence-corrected chi connectivity index (χ3v) is 6.10. The molecule has 3 aromatic rings. The van der Waals surface area contributed by atoms with Gasteiger partial charge in [0.05, 0.1) is 15.6 Å². The molecule has 0 radical (unpaired) electrons. The highest BCUT2D eigenvalue weighted by molar-refractivity contribution is 7.14. The van der Waals surface area contributed by atoms with Crippen molar-refractivity contribution in [2.45, 2.75) is 6.54 Å². The van der Waals surface area contributed by atoms with E-state index in [-0.39, 0.29) is 16.5 Å². The van der Waals surface area contributed by atoms with Gasteiger partial charge in [0.1, 0.15) is 4.88 Å². The van der Waals surface area contributed by atoms with Crippen LogP contribution in [0.3, 0.4) is 0 Å².